The van der Waals surface area contributed by atoms with Gasteiger partial charge in [0.05, 0.1) is 0 Å². The number of halogens is 1. The van der Waals surface area contributed by atoms with E-state index in [4.69, 9.17) is 5.11 Å². The van der Waals surface area contributed by atoms with Crippen molar-refractivity contribution >= 4 is 27.2 Å². The molecule has 74 valence electrons. The van der Waals surface area contributed by atoms with Crippen LogP contribution in [0.25, 0.3) is 0 Å². The number of carbonyl (C=O) groups is 1. The summed E-state index contributed by atoms with van der Waals surface area (Å²) in [5.41, 5.74) is 3.57. The zero-order chi connectivity index (χ0) is 10.2. The molecular weight excluding hydrogens is 279 g/mol. The number of alkyl halides is 1. The molecule has 1 unspecified atom stereocenters. The van der Waals surface area contributed by atoms with Crippen molar-refractivity contribution in [3.8, 4) is 0 Å². The molecule has 1 N–H and O–H groups in total. The van der Waals surface area contributed by atoms with Crippen molar-refractivity contribution in [2.24, 2.45) is 0 Å². The molecule has 0 saturated carbocycles. The van der Waals surface area contributed by atoms with Crippen LogP contribution in [0.5, 0.6) is 0 Å². The Balaban J connectivity index is 3.18. The van der Waals surface area contributed by atoms with Gasteiger partial charge in [0.2, 0.25) is 0 Å². The molecule has 1 aliphatic heterocycles. The predicted octanol–water partition coefficient (Wildman–Crippen LogP) is 2.79. The Labute approximate surface area is 89.0 Å². The van der Waals surface area contributed by atoms with Crippen LogP contribution in [0.15, 0.2) is 20.3 Å². The van der Waals surface area contributed by atoms with E-state index in [2.05, 4.69) is 13.8 Å². The van der Waals surface area contributed by atoms with E-state index >= 15 is 0 Å². The Kier molecular flexibility index (Phi) is 3.16. The second-order valence-electron chi connectivity index (χ2n) is 3.33. The van der Waals surface area contributed by atoms with Gasteiger partial charge in [-0.15, -0.1) is 0 Å². The zero-order valence-electron chi connectivity index (χ0n) is 8.34. The van der Waals surface area contributed by atoms with Crippen LogP contribution < -0.4 is 0 Å². The minimum atomic E-state index is -0.710. The van der Waals surface area contributed by atoms with Crippen molar-refractivity contribution in [3.63, 3.8) is 0 Å². The van der Waals surface area contributed by atoms with Gasteiger partial charge in [0, 0.05) is 0 Å². The van der Waals surface area contributed by atoms with Crippen LogP contribution in [0.4, 0.5) is 0 Å². The van der Waals surface area contributed by atoms with Crippen molar-refractivity contribution in [1.29, 1.82) is 0 Å². The van der Waals surface area contributed by atoms with Crippen LogP contribution in [0.3, 0.4) is 0 Å². The van der Waals surface area contributed by atoms with Crippen LogP contribution in [-0.4, -0.2) is 15.0 Å². The van der Waals surface area contributed by atoms with Gasteiger partial charge in [-0.3, -0.25) is 0 Å². The molecule has 1 aliphatic rings. The Bertz CT molecular complexity index is 313. The van der Waals surface area contributed by atoms with E-state index < -0.39 is 27.2 Å². The van der Waals surface area contributed by atoms with Crippen LogP contribution in [0.2, 0.25) is 0 Å². The van der Waals surface area contributed by atoms with Gasteiger partial charge in [-0.05, 0) is 0 Å². The number of aliphatic carboxylic acids is 1. The third kappa shape index (κ3) is 1.95. The Hall–Kier alpha value is -0.320. The number of carboxylic acids is 1. The van der Waals surface area contributed by atoms with E-state index in [9.17, 15) is 4.79 Å². The fourth-order valence-corrected chi connectivity index (χ4v) is 4.58. The Morgan fingerprint density at radius 3 is 2.31 bits per heavy atom. The molecule has 0 aromatic carbocycles. The molecule has 0 radical (unpaired) electrons. The quantitative estimate of drug-likeness (QED) is 0.596. The van der Waals surface area contributed by atoms with Gasteiger partial charge in [-0.1, -0.05) is 0 Å². The van der Waals surface area contributed by atoms with E-state index in [-0.39, 0.29) is 0 Å². The second-order valence-corrected chi connectivity index (χ2v) is 7.18. The summed E-state index contributed by atoms with van der Waals surface area (Å²) in [6.45, 7) is 8.21. The van der Waals surface area contributed by atoms with Gasteiger partial charge >= 0.3 is 89.0 Å². The molecule has 0 aliphatic carbocycles. The maximum absolute atomic E-state index is 10.9. The summed E-state index contributed by atoms with van der Waals surface area (Å²) in [5, 5.41) is 8.98. The average molecular weight is 294 g/mol. The maximum atomic E-state index is 10.9. The molecule has 13 heavy (non-hydrogen) atoms. The van der Waals surface area contributed by atoms with Crippen molar-refractivity contribution in [2.75, 3.05) is 0 Å². The summed E-state index contributed by atoms with van der Waals surface area (Å²) in [5.74, 6) is -0.710. The number of hydrogen-bond acceptors (Lipinski definition) is 1. The third-order valence-electron chi connectivity index (χ3n) is 2.59. The molecule has 0 amide bonds. The Morgan fingerprint density at radius 1 is 1.31 bits per heavy atom. The van der Waals surface area contributed by atoms with Crippen molar-refractivity contribution < 1.29 is 9.90 Å². The van der Waals surface area contributed by atoms with Crippen molar-refractivity contribution in [1.82, 2.24) is 0 Å². The zero-order valence-corrected chi connectivity index (χ0v) is 10.7. The minimum absolute atomic E-state index is 0.500. The molecule has 0 bridgehead atoms. The van der Waals surface area contributed by atoms with Crippen LogP contribution in [0.1, 0.15) is 27.7 Å². The van der Waals surface area contributed by atoms with Gasteiger partial charge < -0.3 is 0 Å². The molecule has 1 heterocycles. The summed E-state index contributed by atoms with van der Waals surface area (Å²) in [7, 11) is 0. The summed E-state index contributed by atoms with van der Waals surface area (Å²) < 4.78 is 1.21. The van der Waals surface area contributed by atoms with E-state index in [0.29, 0.717) is 7.50 Å². The van der Waals surface area contributed by atoms with Gasteiger partial charge in [0.15, 0.2) is 0 Å². The van der Waals surface area contributed by atoms with Gasteiger partial charge in [0.1, 0.15) is 0 Å². The predicted molar refractivity (Wildman–Crippen MR) is 63.6 cm³/mol. The molecule has 0 aromatic heterocycles. The normalized spacial score (nSPS) is 24.5. The first-order valence-corrected chi connectivity index (χ1v) is 6.74. The molecular formula is C10H15IO2. The number of allylic oxidation sites excluding steroid dienone is 3. The van der Waals surface area contributed by atoms with E-state index in [1.807, 2.05) is 13.8 Å². The number of carboxylic acid groups (broad SMARTS) is 1. The van der Waals surface area contributed by atoms with Crippen molar-refractivity contribution in [3.05, 3.63) is 20.3 Å². The van der Waals surface area contributed by atoms with E-state index in [1.54, 1.807) is 0 Å². The Morgan fingerprint density at radius 2 is 1.85 bits per heavy atom. The van der Waals surface area contributed by atoms with Crippen molar-refractivity contribution in [2.45, 2.75) is 31.6 Å². The molecule has 1 atom stereocenters. The third-order valence-corrected chi connectivity index (χ3v) is 6.66. The monoisotopic (exact) mass is 294 g/mol. The van der Waals surface area contributed by atoms with Crippen LogP contribution >= 0.6 is 21.2 Å². The standard InChI is InChI=1S/C10H15IO2/c1-5-6(2)8(4)11-9(7(5)3)10(12)13/h8,11H,1-4H3,(H,12,13). The summed E-state index contributed by atoms with van der Waals surface area (Å²) in [4.78, 5) is 10.9. The molecule has 0 fully saturated rings. The summed E-state index contributed by atoms with van der Waals surface area (Å²) in [6, 6.07) is 0. The van der Waals surface area contributed by atoms with Crippen LogP contribution in [-0.2, 0) is 4.79 Å². The average Bonchev–Trinajstić information content (AvgIpc) is 2.07. The van der Waals surface area contributed by atoms with E-state index in [0.717, 1.165) is 5.57 Å². The van der Waals surface area contributed by atoms with Gasteiger partial charge in [-0.25, -0.2) is 0 Å². The van der Waals surface area contributed by atoms with Gasteiger partial charge in [-0.2, -0.15) is 0 Å². The molecule has 0 saturated heterocycles. The molecule has 2 nitrogen and oxygen atoms in total. The molecule has 0 spiro atoms. The molecule has 1 rings (SSSR count). The fourth-order valence-electron chi connectivity index (χ4n) is 1.34. The SMILES string of the molecule is CC1=C(C(=O)O)[IH]C(C)C(C)=C1C. The number of rotatable bonds is 1. The second kappa shape index (κ2) is 3.82. The molecule has 0 aromatic rings. The molecule has 3 heteroatoms. The number of hydrogen-bond donors (Lipinski definition) is 1. The summed E-state index contributed by atoms with van der Waals surface area (Å²) in [6.07, 6.45) is 0. The first-order chi connectivity index (χ1) is 5.95. The fraction of sp³-hybridized carbons (Fsp3) is 0.500. The topological polar surface area (TPSA) is 37.3 Å². The first-order valence-electron chi connectivity index (χ1n) is 4.23. The summed E-state index contributed by atoms with van der Waals surface area (Å²) >= 11 is -0.523. The van der Waals surface area contributed by atoms with E-state index in [1.165, 1.54) is 11.1 Å². The van der Waals surface area contributed by atoms with Gasteiger partial charge in [0.25, 0.3) is 0 Å². The van der Waals surface area contributed by atoms with Crippen LogP contribution in [0, 0.1) is 0 Å². The first kappa shape index (κ1) is 10.8.